The van der Waals surface area contributed by atoms with Crippen molar-refractivity contribution in [1.82, 2.24) is 5.32 Å². The first-order chi connectivity index (χ1) is 9.52. The minimum Gasteiger partial charge on any atom is -0.376 e. The van der Waals surface area contributed by atoms with Gasteiger partial charge in [-0.3, -0.25) is 0 Å². The average molecular weight is 275 g/mol. The molecule has 0 bridgehead atoms. The summed E-state index contributed by atoms with van der Waals surface area (Å²) in [6, 6.07) is 5.02. The van der Waals surface area contributed by atoms with Crippen LogP contribution in [0, 0.1) is 26.7 Å². The fourth-order valence-corrected chi connectivity index (χ4v) is 3.55. The van der Waals surface area contributed by atoms with Crippen LogP contribution in [0.3, 0.4) is 0 Å². The molecule has 2 heteroatoms. The largest absolute Gasteiger partial charge is 0.376 e. The third-order valence-electron chi connectivity index (χ3n) is 4.57. The van der Waals surface area contributed by atoms with Crippen molar-refractivity contribution in [2.75, 3.05) is 13.2 Å². The predicted octanol–water partition coefficient (Wildman–Crippen LogP) is 3.56. The number of nitrogens with one attached hydrogen (secondary N) is 1. The van der Waals surface area contributed by atoms with E-state index in [1.165, 1.54) is 28.7 Å². The molecule has 2 nitrogen and oxygen atoms in total. The summed E-state index contributed by atoms with van der Waals surface area (Å²) >= 11 is 0. The Morgan fingerprint density at radius 1 is 1.25 bits per heavy atom. The number of rotatable bonds is 5. The van der Waals surface area contributed by atoms with E-state index < -0.39 is 0 Å². The van der Waals surface area contributed by atoms with Gasteiger partial charge in [-0.25, -0.2) is 0 Å². The summed E-state index contributed by atoms with van der Waals surface area (Å²) in [5.74, 6) is 0.658. The fraction of sp³-hybridized carbons (Fsp3) is 0.667. The van der Waals surface area contributed by atoms with Crippen molar-refractivity contribution in [3.8, 4) is 0 Å². The molecular weight excluding hydrogens is 246 g/mol. The molecule has 1 fully saturated rings. The normalized spacial score (nSPS) is 24.1. The number of hydrogen-bond donors (Lipinski definition) is 1. The zero-order valence-electron chi connectivity index (χ0n) is 13.6. The second-order valence-corrected chi connectivity index (χ2v) is 6.35. The second-order valence-electron chi connectivity index (χ2n) is 6.35. The Balaban J connectivity index is 2.20. The molecule has 20 heavy (non-hydrogen) atoms. The van der Waals surface area contributed by atoms with Crippen molar-refractivity contribution >= 4 is 0 Å². The Kier molecular flexibility index (Phi) is 5.22. The number of likely N-dealkylation sites (N-methyl/N-ethyl adjacent to an activating group) is 1. The fourth-order valence-electron chi connectivity index (χ4n) is 3.55. The Morgan fingerprint density at radius 2 is 1.90 bits per heavy atom. The summed E-state index contributed by atoms with van der Waals surface area (Å²) in [4.78, 5) is 0. The van der Waals surface area contributed by atoms with Gasteiger partial charge in [-0.05, 0) is 62.8 Å². The summed E-state index contributed by atoms with van der Waals surface area (Å²) < 4.78 is 5.99. The lowest BCUT2D eigenvalue weighted by molar-refractivity contribution is 0.0614. The van der Waals surface area contributed by atoms with Crippen LogP contribution in [0.25, 0.3) is 0 Å². The third-order valence-corrected chi connectivity index (χ3v) is 4.57. The highest BCUT2D eigenvalue weighted by Crippen LogP contribution is 2.26. The molecule has 1 saturated heterocycles. The first kappa shape index (κ1) is 15.5. The van der Waals surface area contributed by atoms with Crippen molar-refractivity contribution in [2.24, 2.45) is 5.92 Å². The highest BCUT2D eigenvalue weighted by atomic mass is 16.5. The molecule has 1 aliphatic heterocycles. The van der Waals surface area contributed by atoms with Gasteiger partial charge in [0.25, 0.3) is 0 Å². The van der Waals surface area contributed by atoms with Crippen LogP contribution >= 0.6 is 0 Å². The molecule has 1 aromatic rings. The van der Waals surface area contributed by atoms with E-state index in [0.29, 0.717) is 18.1 Å². The van der Waals surface area contributed by atoms with Crippen LogP contribution in [0.4, 0.5) is 0 Å². The van der Waals surface area contributed by atoms with E-state index in [1.54, 1.807) is 0 Å². The van der Waals surface area contributed by atoms with Crippen molar-refractivity contribution < 1.29 is 4.74 Å². The van der Waals surface area contributed by atoms with E-state index in [-0.39, 0.29) is 0 Å². The van der Waals surface area contributed by atoms with Gasteiger partial charge in [0.1, 0.15) is 0 Å². The maximum Gasteiger partial charge on any atom is 0.0757 e. The van der Waals surface area contributed by atoms with Gasteiger partial charge in [-0.1, -0.05) is 31.5 Å². The summed E-state index contributed by atoms with van der Waals surface area (Å²) in [5.41, 5.74) is 5.67. The molecule has 0 spiro atoms. The Morgan fingerprint density at radius 3 is 2.40 bits per heavy atom. The minimum atomic E-state index is 0.357. The van der Waals surface area contributed by atoms with Gasteiger partial charge in [-0.15, -0.1) is 0 Å². The molecule has 3 atom stereocenters. The van der Waals surface area contributed by atoms with Crippen LogP contribution in [0.15, 0.2) is 12.1 Å². The van der Waals surface area contributed by atoms with Crippen molar-refractivity contribution in [2.45, 2.75) is 59.6 Å². The Labute approximate surface area is 123 Å². The lowest BCUT2D eigenvalue weighted by Crippen LogP contribution is -2.44. The molecule has 0 radical (unpaired) electrons. The third kappa shape index (κ3) is 3.42. The zero-order chi connectivity index (χ0) is 14.7. The van der Waals surface area contributed by atoms with E-state index in [0.717, 1.165) is 19.6 Å². The van der Waals surface area contributed by atoms with Crippen LogP contribution < -0.4 is 5.32 Å². The smallest absolute Gasteiger partial charge is 0.0757 e. The maximum absolute atomic E-state index is 5.99. The molecule has 3 unspecified atom stereocenters. The van der Waals surface area contributed by atoms with Gasteiger partial charge in [0.05, 0.1) is 6.10 Å². The van der Waals surface area contributed by atoms with Gasteiger partial charge in [0, 0.05) is 12.6 Å². The lowest BCUT2D eigenvalue weighted by atomic mass is 9.89. The van der Waals surface area contributed by atoms with E-state index in [4.69, 9.17) is 4.74 Å². The molecule has 2 rings (SSSR count). The first-order valence-electron chi connectivity index (χ1n) is 7.94. The molecule has 112 valence electrons. The van der Waals surface area contributed by atoms with Crippen molar-refractivity contribution in [1.29, 1.82) is 0 Å². The van der Waals surface area contributed by atoms with Gasteiger partial charge in [-0.2, -0.15) is 0 Å². The van der Waals surface area contributed by atoms with Gasteiger partial charge < -0.3 is 10.1 Å². The topological polar surface area (TPSA) is 21.3 Å². The van der Waals surface area contributed by atoms with E-state index in [9.17, 15) is 0 Å². The molecule has 1 heterocycles. The number of ether oxygens (including phenoxy) is 1. The second kappa shape index (κ2) is 6.73. The Bertz CT molecular complexity index is 432. The average Bonchev–Trinajstić information content (AvgIpc) is 2.78. The monoisotopic (exact) mass is 275 g/mol. The number of aryl methyl sites for hydroxylation is 3. The molecular formula is C18H29NO. The summed E-state index contributed by atoms with van der Waals surface area (Å²) in [6.45, 7) is 13.1. The zero-order valence-corrected chi connectivity index (χ0v) is 13.6. The van der Waals surface area contributed by atoms with Crippen LogP contribution in [-0.2, 0) is 11.2 Å². The van der Waals surface area contributed by atoms with Gasteiger partial charge in [0.15, 0.2) is 0 Å². The predicted molar refractivity (Wildman–Crippen MR) is 85.3 cm³/mol. The quantitative estimate of drug-likeness (QED) is 0.887. The molecule has 0 saturated carbocycles. The molecule has 1 aliphatic rings. The first-order valence-corrected chi connectivity index (χ1v) is 7.94. The minimum absolute atomic E-state index is 0.357. The van der Waals surface area contributed by atoms with Crippen LogP contribution in [0.5, 0.6) is 0 Å². The van der Waals surface area contributed by atoms with Crippen molar-refractivity contribution in [3.63, 3.8) is 0 Å². The molecule has 0 amide bonds. The van der Waals surface area contributed by atoms with E-state index >= 15 is 0 Å². The highest BCUT2D eigenvalue weighted by Gasteiger charge is 2.32. The van der Waals surface area contributed by atoms with Crippen LogP contribution in [0.2, 0.25) is 0 Å². The SMILES string of the molecule is CCNC(Cc1c(C)cc(C)cc1C)C1OCCC1C. The molecule has 1 aromatic carbocycles. The summed E-state index contributed by atoms with van der Waals surface area (Å²) in [5, 5.41) is 3.65. The lowest BCUT2D eigenvalue weighted by Gasteiger charge is -2.28. The molecule has 0 aliphatic carbocycles. The number of benzene rings is 1. The van der Waals surface area contributed by atoms with E-state index in [1.807, 2.05) is 0 Å². The van der Waals surface area contributed by atoms with E-state index in [2.05, 4.69) is 52.1 Å². The Hall–Kier alpha value is -0.860. The maximum atomic E-state index is 5.99. The molecule has 1 N–H and O–H groups in total. The van der Waals surface area contributed by atoms with Gasteiger partial charge >= 0.3 is 0 Å². The van der Waals surface area contributed by atoms with Crippen molar-refractivity contribution in [3.05, 3.63) is 34.4 Å². The summed E-state index contributed by atoms with van der Waals surface area (Å²) in [6.07, 6.45) is 2.62. The molecule has 0 aromatic heterocycles. The number of hydrogen-bond acceptors (Lipinski definition) is 2. The highest BCUT2D eigenvalue weighted by molar-refractivity contribution is 5.38. The van der Waals surface area contributed by atoms with Crippen LogP contribution in [-0.4, -0.2) is 25.3 Å². The standard InChI is InChI=1S/C18H29NO/c1-6-19-17(18-13(3)7-8-20-18)11-16-14(4)9-12(2)10-15(16)5/h9-10,13,17-19H,6-8,11H2,1-5H3. The van der Waals surface area contributed by atoms with Gasteiger partial charge in [0.2, 0.25) is 0 Å². The summed E-state index contributed by atoms with van der Waals surface area (Å²) in [7, 11) is 0. The van der Waals surface area contributed by atoms with Crippen LogP contribution in [0.1, 0.15) is 42.5 Å².